The molecule has 0 aliphatic rings. The Morgan fingerprint density at radius 3 is 3.08 bits per heavy atom. The number of carbonyl (C=O) groups is 1. The summed E-state index contributed by atoms with van der Waals surface area (Å²) >= 11 is 4.09. The van der Waals surface area contributed by atoms with E-state index >= 15 is 0 Å². The first kappa shape index (κ1) is 8.12. The van der Waals surface area contributed by atoms with Crippen LogP contribution in [-0.2, 0) is 0 Å². The molecule has 0 aliphatic heterocycles. The van der Waals surface area contributed by atoms with Crippen molar-refractivity contribution in [3.63, 3.8) is 0 Å². The van der Waals surface area contributed by atoms with Crippen LogP contribution in [0.3, 0.4) is 0 Å². The quantitative estimate of drug-likeness (QED) is 0.675. The average Bonchev–Trinajstić information content (AvgIpc) is 2.47. The van der Waals surface area contributed by atoms with Gasteiger partial charge in [-0.3, -0.25) is 3.97 Å². The van der Waals surface area contributed by atoms with Crippen molar-refractivity contribution in [2.75, 3.05) is 0 Å². The lowest BCUT2D eigenvalue weighted by Crippen LogP contribution is -1.96. The van der Waals surface area contributed by atoms with Gasteiger partial charge in [0.1, 0.15) is 5.65 Å². The molecule has 2 rings (SSSR count). The van der Waals surface area contributed by atoms with Crippen LogP contribution in [0.1, 0.15) is 10.4 Å². The Hall–Kier alpha value is -1.49. The Labute approximate surface area is 79.4 Å². The Bertz CT molecular complexity index is 478. The molecule has 0 fully saturated rings. The number of rotatable bonds is 1. The van der Waals surface area contributed by atoms with Crippen molar-refractivity contribution in [2.24, 2.45) is 0 Å². The Morgan fingerprint density at radius 1 is 1.62 bits per heavy atom. The molecule has 2 heterocycles. The first-order valence-electron chi connectivity index (χ1n) is 3.58. The molecule has 0 aromatic carbocycles. The highest BCUT2D eigenvalue weighted by Crippen LogP contribution is 2.15. The minimum Gasteiger partial charge on any atom is -0.478 e. The monoisotopic (exact) mass is 194 g/mol. The van der Waals surface area contributed by atoms with Gasteiger partial charge in [-0.2, -0.15) is 0 Å². The van der Waals surface area contributed by atoms with Crippen LogP contribution in [0.25, 0.3) is 11.0 Å². The van der Waals surface area contributed by atoms with Gasteiger partial charge in [-0.15, -0.1) is 0 Å². The van der Waals surface area contributed by atoms with E-state index in [-0.39, 0.29) is 5.56 Å². The van der Waals surface area contributed by atoms with Gasteiger partial charge in [-0.25, -0.2) is 9.78 Å². The van der Waals surface area contributed by atoms with Gasteiger partial charge in [0.05, 0.1) is 5.56 Å². The van der Waals surface area contributed by atoms with Gasteiger partial charge in [0.25, 0.3) is 0 Å². The molecule has 0 unspecified atom stereocenters. The van der Waals surface area contributed by atoms with E-state index in [9.17, 15) is 4.79 Å². The number of aromatic carboxylic acids is 1. The highest BCUT2D eigenvalue weighted by molar-refractivity contribution is 7.78. The molecule has 0 bridgehead atoms. The molecule has 0 spiro atoms. The fourth-order valence-corrected chi connectivity index (χ4v) is 1.36. The van der Waals surface area contributed by atoms with Crippen LogP contribution in [-0.4, -0.2) is 20.0 Å². The standard InChI is InChI=1S/C8H6N2O2S/c11-8(12)6-3-5-1-2-10(13)7(5)9-4-6/h1-4,13H,(H,11,12). The summed E-state index contributed by atoms with van der Waals surface area (Å²) in [4.78, 5) is 14.6. The topological polar surface area (TPSA) is 55.1 Å². The minimum atomic E-state index is -0.971. The zero-order chi connectivity index (χ0) is 9.42. The molecule has 2 aromatic heterocycles. The summed E-state index contributed by atoms with van der Waals surface area (Å²) in [6, 6.07) is 3.33. The van der Waals surface area contributed by atoms with Crippen LogP contribution < -0.4 is 0 Å². The molecule has 1 N–H and O–H groups in total. The number of pyridine rings is 1. The van der Waals surface area contributed by atoms with Gasteiger partial charge < -0.3 is 5.11 Å². The first-order chi connectivity index (χ1) is 6.18. The van der Waals surface area contributed by atoms with E-state index in [4.69, 9.17) is 5.11 Å². The van der Waals surface area contributed by atoms with E-state index in [2.05, 4.69) is 17.8 Å². The highest BCUT2D eigenvalue weighted by Gasteiger charge is 2.06. The summed E-state index contributed by atoms with van der Waals surface area (Å²) in [6.07, 6.45) is 3.03. The molecular weight excluding hydrogens is 188 g/mol. The van der Waals surface area contributed by atoms with Gasteiger partial charge in [-0.1, -0.05) is 12.8 Å². The lowest BCUT2D eigenvalue weighted by molar-refractivity contribution is 0.0696. The number of carboxylic acids is 1. The van der Waals surface area contributed by atoms with Crippen molar-refractivity contribution in [3.05, 3.63) is 30.1 Å². The van der Waals surface area contributed by atoms with Crippen LogP contribution in [0.15, 0.2) is 24.5 Å². The number of nitrogens with zero attached hydrogens (tertiary/aromatic N) is 2. The maximum absolute atomic E-state index is 10.6. The fraction of sp³-hybridized carbons (Fsp3) is 0. The van der Waals surface area contributed by atoms with E-state index in [0.29, 0.717) is 5.65 Å². The average molecular weight is 194 g/mol. The maximum Gasteiger partial charge on any atom is 0.337 e. The lowest BCUT2D eigenvalue weighted by atomic mass is 10.2. The molecule has 66 valence electrons. The van der Waals surface area contributed by atoms with Crippen LogP contribution in [0.4, 0.5) is 0 Å². The van der Waals surface area contributed by atoms with Gasteiger partial charge >= 0.3 is 5.97 Å². The number of carboxylic acid groups (broad SMARTS) is 1. The minimum absolute atomic E-state index is 0.187. The number of hydrogen-bond acceptors (Lipinski definition) is 3. The molecular formula is C8H6N2O2S. The number of aromatic nitrogens is 2. The van der Waals surface area contributed by atoms with Crippen molar-refractivity contribution < 1.29 is 9.90 Å². The number of fused-ring (bicyclic) bond motifs is 1. The molecule has 0 aliphatic carbocycles. The molecule has 13 heavy (non-hydrogen) atoms. The van der Waals surface area contributed by atoms with E-state index in [1.54, 1.807) is 22.3 Å². The van der Waals surface area contributed by atoms with Gasteiger partial charge in [0.15, 0.2) is 0 Å². The van der Waals surface area contributed by atoms with Crippen molar-refractivity contribution in [3.8, 4) is 0 Å². The third-order valence-corrected chi connectivity index (χ3v) is 2.08. The SMILES string of the molecule is O=C(O)c1cnc2c(ccn2S)c1. The number of thiol groups is 1. The summed E-state index contributed by atoms with van der Waals surface area (Å²) < 4.78 is 1.54. The molecule has 4 nitrogen and oxygen atoms in total. The zero-order valence-corrected chi connectivity index (χ0v) is 7.40. The van der Waals surface area contributed by atoms with Crippen LogP contribution in [0.2, 0.25) is 0 Å². The summed E-state index contributed by atoms with van der Waals surface area (Å²) in [5.41, 5.74) is 0.848. The molecule has 0 saturated heterocycles. The Morgan fingerprint density at radius 2 is 2.38 bits per heavy atom. The second kappa shape index (κ2) is 2.77. The van der Waals surface area contributed by atoms with E-state index < -0.39 is 5.97 Å². The van der Waals surface area contributed by atoms with Crippen LogP contribution >= 0.6 is 12.8 Å². The highest BCUT2D eigenvalue weighted by atomic mass is 32.1. The molecule has 0 atom stereocenters. The molecule has 0 saturated carbocycles. The molecule has 5 heteroatoms. The number of hydrogen-bond donors (Lipinski definition) is 2. The van der Waals surface area contributed by atoms with Gasteiger partial charge in [0.2, 0.25) is 0 Å². The Balaban J connectivity index is 2.70. The van der Waals surface area contributed by atoms with Crippen molar-refractivity contribution in [1.82, 2.24) is 8.96 Å². The predicted octanol–water partition coefficient (Wildman–Crippen LogP) is 1.43. The zero-order valence-electron chi connectivity index (χ0n) is 6.51. The van der Waals surface area contributed by atoms with E-state index in [1.807, 2.05) is 0 Å². The van der Waals surface area contributed by atoms with Crippen LogP contribution in [0, 0.1) is 0 Å². The molecule has 0 radical (unpaired) electrons. The van der Waals surface area contributed by atoms with Crippen molar-refractivity contribution in [2.45, 2.75) is 0 Å². The largest absolute Gasteiger partial charge is 0.478 e. The first-order valence-corrected chi connectivity index (χ1v) is 3.98. The summed E-state index contributed by atoms with van der Waals surface area (Å²) in [6.45, 7) is 0. The van der Waals surface area contributed by atoms with E-state index in [0.717, 1.165) is 5.39 Å². The third kappa shape index (κ3) is 1.27. The maximum atomic E-state index is 10.6. The normalized spacial score (nSPS) is 10.5. The second-order valence-corrected chi connectivity index (χ2v) is 3.03. The van der Waals surface area contributed by atoms with Crippen LogP contribution in [0.5, 0.6) is 0 Å². The molecule has 2 aromatic rings. The van der Waals surface area contributed by atoms with E-state index in [1.165, 1.54) is 6.20 Å². The molecule has 0 amide bonds. The fourth-order valence-electron chi connectivity index (χ4n) is 1.13. The summed E-state index contributed by atoms with van der Waals surface area (Å²) in [5.74, 6) is -0.971. The smallest absolute Gasteiger partial charge is 0.337 e. The second-order valence-electron chi connectivity index (χ2n) is 2.60. The summed E-state index contributed by atoms with van der Waals surface area (Å²) in [7, 11) is 0. The summed E-state index contributed by atoms with van der Waals surface area (Å²) in [5, 5.41) is 9.46. The van der Waals surface area contributed by atoms with Gasteiger partial charge in [-0.05, 0) is 12.1 Å². The Kier molecular flexibility index (Phi) is 1.73. The lowest BCUT2D eigenvalue weighted by Gasteiger charge is -1.95. The predicted molar refractivity (Wildman–Crippen MR) is 51.1 cm³/mol. The van der Waals surface area contributed by atoms with Crippen molar-refractivity contribution in [1.29, 1.82) is 0 Å². The van der Waals surface area contributed by atoms with Gasteiger partial charge in [0, 0.05) is 17.8 Å². The van der Waals surface area contributed by atoms with Crippen molar-refractivity contribution >= 4 is 29.8 Å². The third-order valence-electron chi connectivity index (χ3n) is 1.75.